The van der Waals surface area contributed by atoms with E-state index in [0.29, 0.717) is 18.4 Å². The largest absolute Gasteiger partial charge is 0.404 e. The van der Waals surface area contributed by atoms with E-state index in [1.807, 2.05) is 20.9 Å². The molecule has 6 nitrogen and oxygen atoms in total. The fourth-order valence-corrected chi connectivity index (χ4v) is 5.19. The van der Waals surface area contributed by atoms with E-state index in [1.54, 1.807) is 6.20 Å². The van der Waals surface area contributed by atoms with Crippen LogP contribution in [-0.4, -0.2) is 41.7 Å². The second kappa shape index (κ2) is 12.1. The smallest absolute Gasteiger partial charge is 0.202 e. The van der Waals surface area contributed by atoms with Crippen LogP contribution >= 0.6 is 0 Å². The number of hydrogen-bond donors (Lipinski definition) is 4. The lowest BCUT2D eigenvalue weighted by Crippen LogP contribution is -2.37. The zero-order chi connectivity index (χ0) is 26.5. The van der Waals surface area contributed by atoms with Crippen molar-refractivity contribution >= 4 is 17.3 Å². The van der Waals surface area contributed by atoms with Crippen molar-refractivity contribution in [2.75, 3.05) is 18.9 Å². The summed E-state index contributed by atoms with van der Waals surface area (Å²) in [5.41, 5.74) is 13.9. The molecule has 1 saturated carbocycles. The lowest BCUT2D eigenvalue weighted by Gasteiger charge is -2.33. The molecule has 1 aromatic rings. The summed E-state index contributed by atoms with van der Waals surface area (Å²) in [6.45, 7) is 16.3. The molecule has 0 saturated heterocycles. The summed E-state index contributed by atoms with van der Waals surface area (Å²) in [6.07, 6.45) is 10.3. The summed E-state index contributed by atoms with van der Waals surface area (Å²) in [5.74, 6) is 0.872. The molecule has 198 valence electrons. The first-order valence-electron chi connectivity index (χ1n) is 13.5. The minimum absolute atomic E-state index is 0.0848. The Balaban J connectivity index is 1.79. The van der Waals surface area contributed by atoms with Crippen molar-refractivity contribution in [3.8, 4) is 0 Å². The Hall–Kier alpha value is -2.57. The van der Waals surface area contributed by atoms with Crippen molar-refractivity contribution in [1.29, 1.82) is 0 Å². The Bertz CT molecular complexity index is 1030. The Kier molecular flexibility index (Phi) is 9.42. The second-order valence-electron chi connectivity index (χ2n) is 11.0. The van der Waals surface area contributed by atoms with Gasteiger partial charge in [-0.3, -0.25) is 4.99 Å². The molecule has 2 unspecified atom stereocenters. The molecule has 0 amide bonds. The summed E-state index contributed by atoms with van der Waals surface area (Å²) in [7, 11) is 2.04. The molecule has 0 aromatic heterocycles. The zero-order valence-corrected chi connectivity index (χ0v) is 23.2. The number of allylic oxidation sites excluding steroid dienone is 2. The van der Waals surface area contributed by atoms with Crippen molar-refractivity contribution in [2.24, 2.45) is 16.1 Å². The summed E-state index contributed by atoms with van der Waals surface area (Å²) in [6, 6.07) is 4.51. The maximum absolute atomic E-state index is 10.0. The summed E-state index contributed by atoms with van der Waals surface area (Å²) in [4.78, 5) is 7.05. The van der Waals surface area contributed by atoms with Gasteiger partial charge in [0.1, 0.15) is 0 Å². The molecule has 2 aliphatic rings. The summed E-state index contributed by atoms with van der Waals surface area (Å²) < 4.78 is 0. The number of aliphatic hydroxyl groups is 1. The molecule has 5 N–H and O–H groups in total. The SMILES string of the molecule is C=C1c2cc(C)cc(CNC(C)/C(=C\C(C)=C/N)CC(C)O)c2NC(=NCCC2(CCC)CC2)N1C. The van der Waals surface area contributed by atoms with Crippen LogP contribution in [0.1, 0.15) is 82.9 Å². The number of aryl methyl sites for hydroxylation is 1. The molecule has 1 aliphatic carbocycles. The van der Waals surface area contributed by atoms with Gasteiger partial charge in [-0.25, -0.2) is 0 Å². The van der Waals surface area contributed by atoms with Crippen LogP contribution in [0.3, 0.4) is 0 Å². The number of rotatable bonds is 12. The number of nitrogens with one attached hydrogen (secondary N) is 2. The first-order chi connectivity index (χ1) is 17.1. The van der Waals surface area contributed by atoms with Gasteiger partial charge in [0.25, 0.3) is 0 Å². The molecule has 0 radical (unpaired) electrons. The van der Waals surface area contributed by atoms with E-state index in [9.17, 15) is 5.11 Å². The van der Waals surface area contributed by atoms with Gasteiger partial charge in [0.15, 0.2) is 0 Å². The van der Waals surface area contributed by atoms with E-state index in [4.69, 9.17) is 10.7 Å². The van der Waals surface area contributed by atoms with Crippen LogP contribution in [0.5, 0.6) is 0 Å². The van der Waals surface area contributed by atoms with E-state index in [1.165, 1.54) is 36.8 Å². The van der Waals surface area contributed by atoms with Gasteiger partial charge in [-0.05, 0) is 94.2 Å². The summed E-state index contributed by atoms with van der Waals surface area (Å²) >= 11 is 0. The number of aliphatic hydroxyl groups excluding tert-OH is 1. The molecule has 1 aliphatic heterocycles. The fourth-order valence-electron chi connectivity index (χ4n) is 5.19. The Labute approximate surface area is 218 Å². The highest BCUT2D eigenvalue weighted by molar-refractivity contribution is 6.06. The van der Waals surface area contributed by atoms with Gasteiger partial charge >= 0.3 is 0 Å². The summed E-state index contributed by atoms with van der Waals surface area (Å²) in [5, 5.41) is 17.3. The molecule has 0 spiro atoms. The number of fused-ring (bicyclic) bond motifs is 1. The van der Waals surface area contributed by atoms with Crippen LogP contribution in [0, 0.1) is 12.3 Å². The van der Waals surface area contributed by atoms with Gasteiger partial charge in [0.2, 0.25) is 5.96 Å². The van der Waals surface area contributed by atoms with E-state index in [-0.39, 0.29) is 6.04 Å². The van der Waals surface area contributed by atoms with E-state index < -0.39 is 6.10 Å². The molecule has 3 rings (SSSR count). The maximum Gasteiger partial charge on any atom is 0.202 e. The number of aliphatic imine (C=N–C) groups is 1. The van der Waals surface area contributed by atoms with Crippen LogP contribution in [0.2, 0.25) is 0 Å². The van der Waals surface area contributed by atoms with Crippen LogP contribution in [0.15, 0.2) is 47.1 Å². The number of nitrogens with two attached hydrogens (primary N) is 1. The van der Waals surface area contributed by atoms with Gasteiger partial charge in [-0.1, -0.05) is 37.6 Å². The first kappa shape index (κ1) is 28.0. The van der Waals surface area contributed by atoms with Gasteiger partial charge in [-0.2, -0.15) is 0 Å². The lowest BCUT2D eigenvalue weighted by molar-refractivity contribution is 0.192. The third-order valence-electron chi connectivity index (χ3n) is 7.64. The molecule has 1 aromatic carbocycles. The third-order valence-corrected chi connectivity index (χ3v) is 7.64. The van der Waals surface area contributed by atoms with Crippen LogP contribution in [0.4, 0.5) is 5.69 Å². The molecular formula is C30H47N5O. The highest BCUT2D eigenvalue weighted by Gasteiger charge is 2.40. The van der Waals surface area contributed by atoms with Gasteiger partial charge in [0.05, 0.1) is 11.8 Å². The van der Waals surface area contributed by atoms with Crippen molar-refractivity contribution in [3.63, 3.8) is 0 Å². The van der Waals surface area contributed by atoms with E-state index in [2.05, 4.69) is 61.1 Å². The van der Waals surface area contributed by atoms with Gasteiger partial charge in [-0.15, -0.1) is 0 Å². The average molecular weight is 494 g/mol. The standard InChI is InChI=1S/C30H47N5O/c1-8-9-30(10-11-30)12-13-32-29-34-28-26(14-20(2)16-27(28)24(6)35(29)7)19-33-23(5)25(17-22(4)36)15-21(3)18-31/h14-16,18,22-23,33,36H,6,8-13,17,19,31H2,1-5,7H3,(H,32,34)/b21-18-,25-15-. The third kappa shape index (κ3) is 7.01. The predicted molar refractivity (Wildman–Crippen MR) is 154 cm³/mol. The van der Waals surface area contributed by atoms with Gasteiger partial charge < -0.3 is 26.4 Å². The minimum Gasteiger partial charge on any atom is -0.404 e. The quantitative estimate of drug-likeness (QED) is 0.281. The van der Waals surface area contributed by atoms with Crippen molar-refractivity contribution < 1.29 is 5.11 Å². The lowest BCUT2D eigenvalue weighted by atomic mass is 9.96. The Morgan fingerprint density at radius 1 is 1.33 bits per heavy atom. The molecular weight excluding hydrogens is 446 g/mol. The number of nitrogens with zero attached hydrogens (tertiary/aromatic N) is 2. The van der Waals surface area contributed by atoms with Gasteiger partial charge in [0, 0.05) is 37.4 Å². The van der Waals surface area contributed by atoms with Crippen LogP contribution < -0.4 is 16.4 Å². The molecule has 6 heteroatoms. The topological polar surface area (TPSA) is 85.9 Å². The zero-order valence-electron chi connectivity index (χ0n) is 23.2. The Morgan fingerprint density at radius 3 is 2.67 bits per heavy atom. The van der Waals surface area contributed by atoms with Crippen molar-refractivity contribution in [2.45, 2.75) is 91.8 Å². The average Bonchev–Trinajstić information content (AvgIpc) is 3.59. The number of hydrogen-bond acceptors (Lipinski definition) is 4. The van der Waals surface area contributed by atoms with E-state index in [0.717, 1.165) is 47.0 Å². The molecule has 0 bridgehead atoms. The first-order valence-corrected chi connectivity index (χ1v) is 13.5. The molecule has 1 fully saturated rings. The molecule has 2 atom stereocenters. The molecule has 1 heterocycles. The molecule has 36 heavy (non-hydrogen) atoms. The Morgan fingerprint density at radius 2 is 2.06 bits per heavy atom. The fraction of sp³-hybridized carbons (Fsp3) is 0.567. The van der Waals surface area contributed by atoms with E-state index >= 15 is 0 Å². The minimum atomic E-state index is -0.413. The number of anilines is 1. The monoisotopic (exact) mass is 493 g/mol. The van der Waals surface area contributed by atoms with Crippen molar-refractivity contribution in [3.05, 3.63) is 58.8 Å². The highest BCUT2D eigenvalue weighted by atomic mass is 16.3. The number of guanidine groups is 1. The van der Waals surface area contributed by atoms with Crippen molar-refractivity contribution in [1.82, 2.24) is 10.2 Å². The second-order valence-corrected chi connectivity index (χ2v) is 11.0. The normalized spacial score (nSPS) is 20.2. The number of benzene rings is 1. The predicted octanol–water partition coefficient (Wildman–Crippen LogP) is 5.69. The van der Waals surface area contributed by atoms with Crippen LogP contribution in [0.25, 0.3) is 5.70 Å². The highest BCUT2D eigenvalue weighted by Crippen LogP contribution is 2.52. The maximum atomic E-state index is 10.0. The van der Waals surface area contributed by atoms with Crippen LogP contribution in [-0.2, 0) is 6.54 Å².